The number of anilines is 1. The lowest BCUT2D eigenvalue weighted by atomic mass is 9.99. The Hall–Kier alpha value is -4.14. The topological polar surface area (TPSA) is 126 Å². The number of carbonyl (C=O) groups is 2. The van der Waals surface area contributed by atoms with Gasteiger partial charge in [0.1, 0.15) is 26.6 Å². The average Bonchev–Trinajstić information content (AvgIpc) is 3.70. The number of hydrogen-bond acceptors (Lipinski definition) is 8. The van der Waals surface area contributed by atoms with Gasteiger partial charge in [-0.2, -0.15) is 0 Å². The van der Waals surface area contributed by atoms with Gasteiger partial charge in [-0.1, -0.05) is 59.0 Å². The van der Waals surface area contributed by atoms with Gasteiger partial charge in [0.05, 0.1) is 5.71 Å². The molecule has 2 aliphatic rings. The predicted molar refractivity (Wildman–Crippen MR) is 210 cm³/mol. The number of hydrogen-bond donors (Lipinski definition) is 3. The summed E-state index contributed by atoms with van der Waals surface area (Å²) in [4.78, 5) is 36.3. The van der Waals surface area contributed by atoms with Crippen molar-refractivity contribution < 1.29 is 9.59 Å². The molecule has 13 heteroatoms. The number of rotatable bonds is 12. The molecule has 0 spiro atoms. The molecule has 0 saturated heterocycles. The summed E-state index contributed by atoms with van der Waals surface area (Å²) in [5, 5.41) is 20.0. The lowest BCUT2D eigenvalue weighted by Crippen LogP contribution is -2.35. The zero-order valence-electron chi connectivity index (χ0n) is 28.3. The van der Waals surface area contributed by atoms with Gasteiger partial charge >= 0.3 is 0 Å². The van der Waals surface area contributed by atoms with Gasteiger partial charge in [0.15, 0.2) is 5.82 Å². The van der Waals surface area contributed by atoms with E-state index in [1.165, 1.54) is 4.88 Å². The fourth-order valence-electron chi connectivity index (χ4n) is 5.96. The molecule has 0 fully saturated rings. The van der Waals surface area contributed by atoms with E-state index < -0.39 is 9.97 Å². The molecule has 10 nitrogen and oxygen atoms in total. The number of allylic oxidation sites excluding steroid dienone is 3. The largest absolute Gasteiger partial charge is 0.370 e. The van der Waals surface area contributed by atoms with E-state index in [1.54, 1.807) is 17.5 Å². The van der Waals surface area contributed by atoms with Crippen LogP contribution in [0.1, 0.15) is 71.0 Å². The Morgan fingerprint density at radius 3 is 2.66 bits per heavy atom. The first-order chi connectivity index (χ1) is 24.0. The van der Waals surface area contributed by atoms with E-state index in [0.717, 1.165) is 74.3 Å². The Bertz CT molecular complexity index is 2060. The molecule has 0 aliphatic carbocycles. The maximum absolute atomic E-state index is 13.6. The van der Waals surface area contributed by atoms with Crippen LogP contribution in [-0.4, -0.2) is 54.3 Å². The van der Waals surface area contributed by atoms with Gasteiger partial charge < -0.3 is 16.0 Å². The Balaban J connectivity index is 1.09. The van der Waals surface area contributed by atoms with Crippen molar-refractivity contribution in [2.24, 2.45) is 4.99 Å². The van der Waals surface area contributed by atoms with Gasteiger partial charge in [0.25, 0.3) is 0 Å². The monoisotopic (exact) mass is 820 g/mol. The van der Waals surface area contributed by atoms with E-state index in [-0.39, 0.29) is 11.8 Å². The molecule has 2 atom stereocenters. The fraction of sp³-hybridized carbons (Fsp3) is 0.297. The highest BCUT2D eigenvalue weighted by Crippen LogP contribution is 2.41. The van der Waals surface area contributed by atoms with Crippen LogP contribution in [-0.2, 0) is 9.59 Å². The molecular weight excluding hydrogens is 783 g/mol. The van der Waals surface area contributed by atoms with Crippen molar-refractivity contribution in [1.82, 2.24) is 30.4 Å². The highest BCUT2D eigenvalue weighted by atomic mass is 127. The molecule has 0 saturated carbocycles. The van der Waals surface area contributed by atoms with Crippen LogP contribution in [0, 0.1) is 20.8 Å². The van der Waals surface area contributed by atoms with E-state index >= 15 is 0 Å². The number of carbonyl (C=O) groups excluding carboxylic acids is 2. The fourth-order valence-corrected chi connectivity index (χ4v) is 8.00. The van der Waals surface area contributed by atoms with E-state index in [2.05, 4.69) is 78.7 Å². The highest BCUT2D eigenvalue weighted by molar-refractivity contribution is 14.1. The minimum absolute atomic E-state index is 0.00439. The first kappa shape index (κ1) is 35.7. The van der Waals surface area contributed by atoms with Gasteiger partial charge in [-0.05, 0) is 87.6 Å². The minimum atomic E-state index is -0.557. The normalized spacial score (nSPS) is 16.1. The number of halogens is 2. The number of nitrogens with zero attached hydrogens (tertiary/aromatic N) is 5. The quantitative estimate of drug-likeness (QED) is 0.0594. The summed E-state index contributed by atoms with van der Waals surface area (Å²) in [7, 11) is 0. The molecule has 5 heterocycles. The second-order valence-corrected chi connectivity index (χ2v) is 15.3. The maximum atomic E-state index is 13.6. The summed E-state index contributed by atoms with van der Waals surface area (Å²) in [5.41, 5.74) is 7.42. The van der Waals surface area contributed by atoms with E-state index in [0.29, 0.717) is 30.4 Å². The van der Waals surface area contributed by atoms with Gasteiger partial charge in [-0.15, -0.1) is 21.5 Å². The zero-order chi connectivity index (χ0) is 35.5. The van der Waals surface area contributed by atoms with Crippen LogP contribution in [0.5, 0.6) is 0 Å². The van der Waals surface area contributed by atoms with Crippen LogP contribution in [0.25, 0.3) is 10.6 Å². The van der Waals surface area contributed by atoms with Crippen molar-refractivity contribution in [3.63, 3.8) is 0 Å². The third kappa shape index (κ3) is 7.47. The van der Waals surface area contributed by atoms with Gasteiger partial charge in [-0.25, -0.2) is 4.98 Å². The lowest BCUT2D eigenvalue weighted by molar-refractivity contribution is -0.120. The molecule has 3 N–H and O–H groups in total. The molecule has 0 radical (unpaired) electrons. The minimum Gasteiger partial charge on any atom is -0.370 e. The Morgan fingerprint density at radius 2 is 1.92 bits per heavy atom. The van der Waals surface area contributed by atoms with Crippen LogP contribution in [0.2, 0.25) is 5.02 Å². The van der Waals surface area contributed by atoms with Crippen LogP contribution < -0.4 is 16.0 Å². The molecule has 50 heavy (non-hydrogen) atoms. The lowest BCUT2D eigenvalue weighted by Gasteiger charge is -2.18. The van der Waals surface area contributed by atoms with Gasteiger partial charge in [0.2, 0.25) is 11.8 Å². The molecule has 2 aliphatic heterocycles. The summed E-state index contributed by atoms with van der Waals surface area (Å²) in [6, 6.07) is 11.0. The number of amides is 2. The average molecular weight is 821 g/mol. The van der Waals surface area contributed by atoms with Crippen LogP contribution in [0.15, 0.2) is 77.6 Å². The summed E-state index contributed by atoms with van der Waals surface area (Å²) >= 11 is 10.1. The van der Waals surface area contributed by atoms with Crippen molar-refractivity contribution in [2.45, 2.75) is 56.9 Å². The molecule has 258 valence electrons. The molecule has 6 rings (SSSR count). The molecule has 1 aromatic carbocycles. The van der Waals surface area contributed by atoms with Gasteiger partial charge in [0, 0.05) is 58.0 Å². The van der Waals surface area contributed by atoms with Crippen LogP contribution in [0.3, 0.4) is 0 Å². The number of unbranched alkanes of at least 4 members (excludes halogenated alkanes) is 1. The summed E-state index contributed by atoms with van der Waals surface area (Å²) in [5.74, 6) is 2.04. The smallest absolute Gasteiger partial charge is 0.235 e. The number of nitrogens with one attached hydrogen (secondary N) is 3. The molecule has 4 aromatic rings. The number of thiophene rings is 1. The van der Waals surface area contributed by atoms with Crippen molar-refractivity contribution in [3.8, 4) is 5.00 Å². The molecule has 3 aromatic heterocycles. The third-order valence-electron chi connectivity index (χ3n) is 8.79. The second-order valence-electron chi connectivity index (χ2n) is 12.3. The summed E-state index contributed by atoms with van der Waals surface area (Å²) < 4.78 is 1.53. The van der Waals surface area contributed by atoms with Crippen molar-refractivity contribution in [2.75, 3.05) is 18.4 Å². The molecular formula is C37H38ClIN8O2S. The van der Waals surface area contributed by atoms with E-state index in [1.807, 2.05) is 62.4 Å². The Morgan fingerprint density at radius 1 is 1.16 bits per heavy atom. The standard InChI is InChI=1S/C37H38ClIN8O2S/c1-20(10-15-28-21(2)19-29(48)43-28)27-9-8-18-41-34(27)40-16-6-7-17-42-36(49)31(39)33-35-46-45-24(5)47(35)37-30(22(3)23(4)50-37)32(44-33)25-11-13-26(38)14-12-25/h8-15,18,31,33H,1,6-7,16-17,19H2,2-5H3,(H,40,41)(H,42,49)(H,43,48)/b15-10-/t31-,33+/m1/s1. The third-order valence-corrected chi connectivity index (χ3v) is 11.5. The number of aromatic nitrogens is 4. The maximum Gasteiger partial charge on any atom is 0.235 e. The van der Waals surface area contributed by atoms with Crippen LogP contribution >= 0.6 is 45.5 Å². The van der Waals surface area contributed by atoms with Crippen molar-refractivity contribution >= 4 is 74.4 Å². The second kappa shape index (κ2) is 15.4. The molecule has 0 unspecified atom stereocenters. The predicted octanol–water partition coefficient (Wildman–Crippen LogP) is 7.37. The summed E-state index contributed by atoms with van der Waals surface area (Å²) in [6.07, 6.45) is 7.53. The molecule has 0 bridgehead atoms. The SMILES string of the molecule is C=C(/C=C\C1=C(C)CC(=O)N1)c1cccnc1NCCCCNC(=O)[C@H](I)[C@@H]1N=C(c2ccc(Cl)cc2)c2c(sc(C)c2C)-n2c(C)nnc21. The Kier molecular flexibility index (Phi) is 11.0. The highest BCUT2D eigenvalue weighted by Gasteiger charge is 2.37. The number of aliphatic imine (C=N–C) groups is 1. The zero-order valence-corrected chi connectivity index (χ0v) is 32.0. The van der Waals surface area contributed by atoms with Gasteiger partial charge in [-0.3, -0.25) is 19.1 Å². The van der Waals surface area contributed by atoms with Crippen LogP contribution in [0.4, 0.5) is 5.82 Å². The van der Waals surface area contributed by atoms with Crippen molar-refractivity contribution in [1.29, 1.82) is 0 Å². The number of benzene rings is 1. The Labute approximate surface area is 314 Å². The summed E-state index contributed by atoms with van der Waals surface area (Å²) in [6.45, 7) is 13.5. The first-order valence-electron chi connectivity index (χ1n) is 16.4. The molecule has 2 amide bonds. The van der Waals surface area contributed by atoms with Crippen molar-refractivity contribution in [3.05, 3.63) is 116 Å². The van der Waals surface area contributed by atoms with E-state index in [9.17, 15) is 9.59 Å². The first-order valence-corrected chi connectivity index (χ1v) is 18.8. The number of pyridine rings is 1. The number of alkyl halides is 1. The number of aryl methyl sites for hydroxylation is 2. The van der Waals surface area contributed by atoms with E-state index in [4.69, 9.17) is 16.6 Å². The number of fused-ring (bicyclic) bond motifs is 3.